The summed E-state index contributed by atoms with van der Waals surface area (Å²) in [4.78, 5) is 49.5. The molecular formula is C49H75N9O11Si. The molecule has 70 heavy (non-hydrogen) atoms. The van der Waals surface area contributed by atoms with E-state index in [0.717, 1.165) is 31.5 Å². The molecule has 0 aliphatic carbocycles. The Morgan fingerprint density at radius 1 is 0.757 bits per heavy atom. The van der Waals surface area contributed by atoms with Crippen LogP contribution in [-0.2, 0) is 28.3 Å². The molecule has 0 aliphatic heterocycles. The zero-order valence-electron chi connectivity index (χ0n) is 43.3. The van der Waals surface area contributed by atoms with Crippen LogP contribution in [0.1, 0.15) is 72.6 Å². The van der Waals surface area contributed by atoms with Crippen molar-refractivity contribution in [1.29, 1.82) is 1.43 Å². The summed E-state index contributed by atoms with van der Waals surface area (Å²) in [6, 6.07) is 16.5. The number of benzene rings is 3. The molecule has 3 amide bonds. The molecule has 20 nitrogen and oxygen atoms in total. The molecule has 3 rings (SSSR count). The van der Waals surface area contributed by atoms with Crippen LogP contribution in [0.3, 0.4) is 0 Å². The van der Waals surface area contributed by atoms with Crippen molar-refractivity contribution in [3.8, 4) is 11.5 Å². The average Bonchev–Trinajstić information content (AvgIpc) is 3.35. The second-order valence-corrected chi connectivity index (χ2v) is 22.8. The van der Waals surface area contributed by atoms with Crippen molar-refractivity contribution in [1.82, 2.24) is 16.0 Å². The fourth-order valence-electron chi connectivity index (χ4n) is 6.40. The number of aliphatic hydroxyl groups excluding tert-OH is 1. The van der Waals surface area contributed by atoms with Crippen molar-refractivity contribution < 1.29 is 47.8 Å². The van der Waals surface area contributed by atoms with Crippen LogP contribution >= 0.6 is 0 Å². The minimum Gasteiger partial charge on any atom is -0.494 e. The van der Waals surface area contributed by atoms with Gasteiger partial charge in [0.25, 0.3) is 5.69 Å². The molecule has 0 heterocycles. The van der Waals surface area contributed by atoms with Gasteiger partial charge in [-0.1, -0.05) is 27.2 Å². The fraction of sp³-hybridized carbons (Fsp3) is 0.571. The Morgan fingerprint density at radius 3 is 1.76 bits per heavy atom. The number of hydrogen-bond donors (Lipinski definition) is 4. The molecule has 0 radical (unpaired) electrons. The molecular weight excluding hydrogens is 919 g/mol. The maximum absolute atomic E-state index is 12.5. The zero-order chi connectivity index (χ0) is 52.1. The number of nitrogens with zero attached hydrogens (tertiary/aromatic N) is 6. The molecule has 3 aromatic carbocycles. The van der Waals surface area contributed by atoms with Crippen molar-refractivity contribution in [2.75, 3.05) is 91.5 Å². The molecule has 4 N–H and O–H groups in total. The lowest BCUT2D eigenvalue weighted by Gasteiger charge is -2.37. The van der Waals surface area contributed by atoms with E-state index in [9.17, 15) is 24.5 Å². The topological polar surface area (TPSA) is 250 Å². The SMILES string of the molecule is [2H]OCC(CCCCNC(=O)CCC(=O)NCCOCCOCCNC(=O)CCCN(CC)c1ccc(N=Nc2cc(OC)c(N=Nc3ccc([N+](=O)[O-])cc3)cc2OC)cc1)CO[Si](C)(C)C(C)(C)C. The number of azo groups is 2. The second-order valence-electron chi connectivity index (χ2n) is 17.9. The monoisotopic (exact) mass is 995 g/mol. The lowest BCUT2D eigenvalue weighted by atomic mass is 10.0. The lowest BCUT2D eigenvalue weighted by Crippen LogP contribution is -2.42. The summed E-state index contributed by atoms with van der Waals surface area (Å²) in [5, 5.41) is 41.4. The van der Waals surface area contributed by atoms with Gasteiger partial charge in [0.1, 0.15) is 22.9 Å². The number of amides is 3. The van der Waals surface area contributed by atoms with Gasteiger partial charge in [-0.15, -0.1) is 10.2 Å². The second kappa shape index (κ2) is 31.4. The van der Waals surface area contributed by atoms with Gasteiger partial charge in [-0.3, -0.25) is 24.5 Å². The molecule has 3 aromatic rings. The number of methoxy groups -OCH3 is 2. The average molecular weight is 995 g/mol. The number of carbonyl (C=O) groups excluding carboxylic acids is 3. The van der Waals surface area contributed by atoms with Crippen molar-refractivity contribution in [3.05, 3.63) is 70.8 Å². The molecule has 0 saturated carbocycles. The number of ether oxygens (including phenoxy) is 4. The van der Waals surface area contributed by atoms with Crippen molar-refractivity contribution in [2.45, 2.75) is 90.8 Å². The van der Waals surface area contributed by atoms with Crippen molar-refractivity contribution >= 4 is 60.2 Å². The number of nitro groups is 1. The number of aliphatic hydroxyl groups is 1. The molecule has 386 valence electrons. The third-order valence-corrected chi connectivity index (χ3v) is 16.2. The Labute approximate surface area is 415 Å². The van der Waals surface area contributed by atoms with Gasteiger partial charge in [-0.05, 0) is 80.7 Å². The summed E-state index contributed by atoms with van der Waals surface area (Å²) in [5.41, 5.74) is 2.76. The summed E-state index contributed by atoms with van der Waals surface area (Å²) in [6.45, 7) is 18.0. The number of nitrogens with one attached hydrogen (secondary N) is 3. The normalized spacial score (nSPS) is 12.4. The highest BCUT2D eigenvalue weighted by atomic mass is 28.4. The maximum atomic E-state index is 12.5. The summed E-state index contributed by atoms with van der Waals surface area (Å²) >= 11 is 0. The standard InChI is InChI=1S/C49H75N9O11Si/c1-9-57(40-19-15-38(16-20-40)53-55-42-33-45(66-6)43(34-44(42)65-5)56-54-39-17-21-41(22-18-39)58(63)64)28-12-14-46(60)51-26-29-67-31-32-68-30-27-52-48(62)24-23-47(61)50-25-11-10-13-37(35-59)36-69-70(7,8)49(2,3)4/h15-22,33-34,37,59H,9-14,23-32,35-36H2,1-8H3,(H,50,61)(H,51,60)(H,52,62)/i59D. The Bertz CT molecular complexity index is 2140. The Morgan fingerprint density at radius 2 is 1.27 bits per heavy atom. The van der Waals surface area contributed by atoms with Gasteiger partial charge in [0.15, 0.2) is 8.32 Å². The van der Waals surface area contributed by atoms with E-state index in [1.165, 1.54) is 38.5 Å². The van der Waals surface area contributed by atoms with Crippen molar-refractivity contribution in [2.24, 2.45) is 26.4 Å². The quantitative estimate of drug-likeness (QED) is 0.0142. The first kappa shape index (κ1) is 56.7. The number of non-ortho nitro benzene ring substituents is 1. The largest absolute Gasteiger partial charge is 0.494 e. The van der Waals surface area contributed by atoms with Gasteiger partial charge < -0.3 is 49.3 Å². The predicted molar refractivity (Wildman–Crippen MR) is 272 cm³/mol. The first-order chi connectivity index (χ1) is 34.0. The molecule has 0 aliphatic rings. The van der Waals surface area contributed by atoms with Crippen LogP contribution < -0.4 is 30.3 Å². The van der Waals surface area contributed by atoms with Gasteiger partial charge in [0.05, 0.1) is 56.9 Å². The minimum absolute atomic E-state index is 0.0459. The highest BCUT2D eigenvalue weighted by Crippen LogP contribution is 2.41. The van der Waals surface area contributed by atoms with E-state index >= 15 is 0 Å². The summed E-state index contributed by atoms with van der Waals surface area (Å²) in [7, 11) is 1.11. The van der Waals surface area contributed by atoms with E-state index in [-0.39, 0.29) is 47.2 Å². The summed E-state index contributed by atoms with van der Waals surface area (Å²) < 4.78 is 35.6. The van der Waals surface area contributed by atoms with Gasteiger partial charge in [-0.2, -0.15) is 10.2 Å². The number of unbranched alkanes of at least 4 members (excludes halogenated alkanes) is 1. The first-order valence-corrected chi connectivity index (χ1v) is 26.8. The third-order valence-electron chi connectivity index (χ3n) is 11.7. The predicted octanol–water partition coefficient (Wildman–Crippen LogP) is 9.01. The number of rotatable bonds is 35. The Balaban J connectivity index is 1.23. The Kier molecular flexibility index (Phi) is 25.4. The molecule has 1 atom stereocenters. The minimum atomic E-state index is -1.88. The van der Waals surface area contributed by atoms with E-state index in [0.29, 0.717) is 113 Å². The summed E-state index contributed by atoms with van der Waals surface area (Å²) in [5.74, 6) is 0.461. The van der Waals surface area contributed by atoms with E-state index in [4.69, 9.17) is 24.8 Å². The molecule has 0 spiro atoms. The van der Waals surface area contributed by atoms with Crippen LogP contribution in [0.2, 0.25) is 18.1 Å². The molecule has 1 unspecified atom stereocenters. The zero-order valence-corrected chi connectivity index (χ0v) is 43.3. The number of hydrogen-bond acceptors (Lipinski definition) is 16. The molecule has 0 bridgehead atoms. The number of anilines is 1. The fourth-order valence-corrected chi connectivity index (χ4v) is 7.48. The van der Waals surface area contributed by atoms with E-state index < -0.39 is 13.2 Å². The number of carbonyl (C=O) groups is 3. The highest BCUT2D eigenvalue weighted by molar-refractivity contribution is 6.74. The van der Waals surface area contributed by atoms with Gasteiger partial charge >= 0.3 is 0 Å². The van der Waals surface area contributed by atoms with Crippen LogP contribution in [-0.4, -0.2) is 124 Å². The van der Waals surface area contributed by atoms with Gasteiger partial charge in [0.2, 0.25) is 19.2 Å². The lowest BCUT2D eigenvalue weighted by molar-refractivity contribution is -0.384. The molecule has 21 heteroatoms. The molecule has 0 saturated heterocycles. The van der Waals surface area contributed by atoms with Crippen LogP contribution in [0.4, 0.5) is 34.1 Å². The smallest absolute Gasteiger partial charge is 0.269 e. The third kappa shape index (κ3) is 21.8. The maximum Gasteiger partial charge on any atom is 0.269 e. The van der Waals surface area contributed by atoms with Gasteiger partial charge in [0, 0.05) is 101 Å². The van der Waals surface area contributed by atoms with E-state index in [2.05, 4.69) is 87.2 Å². The first-order valence-electron chi connectivity index (χ1n) is 24.3. The van der Waals surface area contributed by atoms with Crippen LogP contribution in [0.15, 0.2) is 81.1 Å². The molecule has 0 aromatic heterocycles. The molecule has 0 fully saturated rings. The highest BCUT2D eigenvalue weighted by Gasteiger charge is 2.37. The van der Waals surface area contributed by atoms with Crippen LogP contribution in [0.5, 0.6) is 11.5 Å². The Hall–Kier alpha value is -5.87. The van der Waals surface area contributed by atoms with E-state index in [1.807, 2.05) is 24.3 Å². The van der Waals surface area contributed by atoms with Gasteiger partial charge in [-0.25, -0.2) is 0 Å². The summed E-state index contributed by atoms with van der Waals surface area (Å²) in [6.07, 6.45) is 3.74. The van der Waals surface area contributed by atoms with Crippen LogP contribution in [0.25, 0.3) is 0 Å². The van der Waals surface area contributed by atoms with Crippen LogP contribution in [0, 0.1) is 16.0 Å². The van der Waals surface area contributed by atoms with Crippen molar-refractivity contribution in [3.63, 3.8) is 0 Å². The number of nitro benzene ring substituents is 1. The van der Waals surface area contributed by atoms with E-state index in [1.54, 1.807) is 12.1 Å².